The van der Waals surface area contributed by atoms with Gasteiger partial charge >= 0.3 is 0 Å². The van der Waals surface area contributed by atoms with Gasteiger partial charge in [0.15, 0.2) is 0 Å². The predicted octanol–water partition coefficient (Wildman–Crippen LogP) is 4.75. The van der Waals surface area contributed by atoms with Crippen LogP contribution >= 0.6 is 11.6 Å². The second-order valence-electron chi connectivity index (χ2n) is 7.23. The van der Waals surface area contributed by atoms with Crippen LogP contribution in [-0.2, 0) is 16.1 Å². The number of carbonyl (C=O) groups excluding carboxylic acids is 2. The molecule has 30 heavy (non-hydrogen) atoms. The molecule has 0 saturated carbocycles. The largest absolute Gasteiger partial charge is 0.494 e. The van der Waals surface area contributed by atoms with E-state index < -0.39 is 6.04 Å². The topological polar surface area (TPSA) is 58.6 Å². The third-order valence-corrected chi connectivity index (χ3v) is 5.08. The van der Waals surface area contributed by atoms with Gasteiger partial charge in [-0.15, -0.1) is 0 Å². The quantitative estimate of drug-likeness (QED) is 0.523. The average molecular weight is 431 g/mol. The van der Waals surface area contributed by atoms with E-state index in [9.17, 15) is 9.59 Å². The number of amides is 2. The second kappa shape index (κ2) is 12.2. The fourth-order valence-corrected chi connectivity index (χ4v) is 3.32. The highest BCUT2D eigenvalue weighted by Gasteiger charge is 2.27. The van der Waals surface area contributed by atoms with E-state index in [-0.39, 0.29) is 11.8 Å². The van der Waals surface area contributed by atoms with E-state index in [1.807, 2.05) is 45.0 Å². The Morgan fingerprint density at radius 1 is 1.07 bits per heavy atom. The lowest BCUT2D eigenvalue weighted by Gasteiger charge is -2.30. The van der Waals surface area contributed by atoms with Crippen molar-refractivity contribution in [2.75, 3.05) is 13.2 Å². The van der Waals surface area contributed by atoms with Gasteiger partial charge in [-0.2, -0.15) is 0 Å². The van der Waals surface area contributed by atoms with Gasteiger partial charge in [0, 0.05) is 24.5 Å². The monoisotopic (exact) mass is 430 g/mol. The summed E-state index contributed by atoms with van der Waals surface area (Å²) < 4.78 is 5.69. The average Bonchev–Trinajstić information content (AvgIpc) is 2.74. The number of rotatable bonds is 11. The fourth-order valence-electron chi connectivity index (χ4n) is 3.19. The molecule has 1 unspecified atom stereocenters. The summed E-state index contributed by atoms with van der Waals surface area (Å²) in [6.45, 7) is 7.20. The SMILES string of the molecule is CCNC(=O)C(CC)N(Cc1ccc(C)cc1)C(=O)CCCOc1ccc(Cl)cc1. The van der Waals surface area contributed by atoms with Crippen molar-refractivity contribution in [3.63, 3.8) is 0 Å². The van der Waals surface area contributed by atoms with E-state index in [1.165, 1.54) is 0 Å². The lowest BCUT2D eigenvalue weighted by Crippen LogP contribution is -2.49. The summed E-state index contributed by atoms with van der Waals surface area (Å²) in [4.78, 5) is 27.3. The van der Waals surface area contributed by atoms with Gasteiger partial charge in [0.2, 0.25) is 11.8 Å². The maximum absolute atomic E-state index is 13.1. The standard InChI is InChI=1S/C24H31ClN2O3/c1-4-22(24(29)26-5-2)27(17-19-10-8-18(3)9-11-19)23(28)7-6-16-30-21-14-12-20(25)13-15-21/h8-15,22H,4-7,16-17H2,1-3H3,(H,26,29). The molecule has 162 valence electrons. The van der Waals surface area contributed by atoms with Crippen molar-refractivity contribution in [1.29, 1.82) is 0 Å². The second-order valence-corrected chi connectivity index (χ2v) is 7.67. The van der Waals surface area contributed by atoms with Crippen molar-refractivity contribution < 1.29 is 14.3 Å². The highest BCUT2D eigenvalue weighted by molar-refractivity contribution is 6.30. The van der Waals surface area contributed by atoms with Crippen LogP contribution in [-0.4, -0.2) is 35.9 Å². The molecule has 0 radical (unpaired) electrons. The van der Waals surface area contributed by atoms with Crippen molar-refractivity contribution in [3.05, 3.63) is 64.7 Å². The molecule has 5 nitrogen and oxygen atoms in total. The summed E-state index contributed by atoms with van der Waals surface area (Å²) in [5.41, 5.74) is 2.17. The van der Waals surface area contributed by atoms with Gasteiger partial charge in [0.05, 0.1) is 6.61 Å². The van der Waals surface area contributed by atoms with Gasteiger partial charge in [-0.05, 0) is 56.5 Å². The molecule has 0 saturated heterocycles. The van der Waals surface area contributed by atoms with Gasteiger partial charge in [-0.3, -0.25) is 9.59 Å². The van der Waals surface area contributed by atoms with Crippen LogP contribution in [0.25, 0.3) is 0 Å². The molecule has 2 rings (SSSR count). The summed E-state index contributed by atoms with van der Waals surface area (Å²) in [5.74, 6) is 0.559. The van der Waals surface area contributed by atoms with Gasteiger partial charge in [-0.25, -0.2) is 0 Å². The minimum Gasteiger partial charge on any atom is -0.494 e. The van der Waals surface area contributed by atoms with E-state index in [2.05, 4.69) is 5.32 Å². The lowest BCUT2D eigenvalue weighted by molar-refractivity contribution is -0.141. The highest BCUT2D eigenvalue weighted by Crippen LogP contribution is 2.17. The van der Waals surface area contributed by atoms with E-state index >= 15 is 0 Å². The van der Waals surface area contributed by atoms with Crippen molar-refractivity contribution in [2.24, 2.45) is 0 Å². The molecule has 0 aromatic heterocycles. The molecule has 2 aromatic carbocycles. The number of nitrogens with zero attached hydrogens (tertiary/aromatic N) is 1. The zero-order valence-electron chi connectivity index (χ0n) is 18.0. The summed E-state index contributed by atoms with van der Waals surface area (Å²) in [7, 11) is 0. The zero-order chi connectivity index (χ0) is 21.9. The van der Waals surface area contributed by atoms with Crippen LogP contribution in [0.15, 0.2) is 48.5 Å². The van der Waals surface area contributed by atoms with Crippen LogP contribution in [0, 0.1) is 6.92 Å². The van der Waals surface area contributed by atoms with Crippen LogP contribution in [0.4, 0.5) is 0 Å². The molecule has 1 atom stereocenters. The Bertz CT molecular complexity index is 806. The first-order valence-corrected chi connectivity index (χ1v) is 10.8. The summed E-state index contributed by atoms with van der Waals surface area (Å²) >= 11 is 5.88. The van der Waals surface area contributed by atoms with Crippen LogP contribution in [0.3, 0.4) is 0 Å². The van der Waals surface area contributed by atoms with Crippen LogP contribution < -0.4 is 10.1 Å². The molecule has 0 fully saturated rings. The van der Waals surface area contributed by atoms with Crippen molar-refractivity contribution in [1.82, 2.24) is 10.2 Å². The smallest absolute Gasteiger partial charge is 0.242 e. The summed E-state index contributed by atoms with van der Waals surface area (Å²) in [6.07, 6.45) is 1.44. The van der Waals surface area contributed by atoms with Gasteiger partial charge in [0.25, 0.3) is 0 Å². The van der Waals surface area contributed by atoms with Crippen LogP contribution in [0.1, 0.15) is 44.2 Å². The van der Waals surface area contributed by atoms with E-state index in [0.717, 1.165) is 16.9 Å². The third kappa shape index (κ3) is 7.38. The molecule has 2 aromatic rings. The molecule has 0 spiro atoms. The first-order chi connectivity index (χ1) is 14.4. The minimum atomic E-state index is -0.490. The van der Waals surface area contributed by atoms with E-state index in [1.54, 1.807) is 29.2 Å². The Morgan fingerprint density at radius 2 is 1.73 bits per heavy atom. The molecule has 2 amide bonds. The van der Waals surface area contributed by atoms with Crippen LogP contribution in [0.5, 0.6) is 5.75 Å². The number of nitrogens with one attached hydrogen (secondary N) is 1. The summed E-state index contributed by atoms with van der Waals surface area (Å²) in [5, 5.41) is 3.50. The molecular weight excluding hydrogens is 400 g/mol. The molecule has 0 bridgehead atoms. The minimum absolute atomic E-state index is 0.0478. The first kappa shape index (κ1) is 23.7. The molecule has 0 heterocycles. The van der Waals surface area contributed by atoms with Gasteiger partial charge < -0.3 is 15.0 Å². The van der Waals surface area contributed by atoms with Gasteiger partial charge in [0.1, 0.15) is 11.8 Å². The van der Waals surface area contributed by atoms with Crippen LogP contribution in [0.2, 0.25) is 5.02 Å². The summed E-state index contributed by atoms with van der Waals surface area (Å²) in [6, 6.07) is 14.7. The molecule has 0 aliphatic carbocycles. The normalized spacial score (nSPS) is 11.6. The van der Waals surface area contributed by atoms with Crippen molar-refractivity contribution >= 4 is 23.4 Å². The number of halogens is 1. The predicted molar refractivity (Wildman–Crippen MR) is 121 cm³/mol. The maximum atomic E-state index is 13.1. The fraction of sp³-hybridized carbons (Fsp3) is 0.417. The Balaban J connectivity index is 2.01. The van der Waals surface area contributed by atoms with Crippen molar-refractivity contribution in [2.45, 2.75) is 52.6 Å². The Morgan fingerprint density at radius 3 is 2.33 bits per heavy atom. The van der Waals surface area contributed by atoms with E-state index in [4.69, 9.17) is 16.3 Å². The first-order valence-electron chi connectivity index (χ1n) is 10.5. The molecule has 0 aliphatic rings. The highest BCUT2D eigenvalue weighted by atomic mass is 35.5. The molecular formula is C24H31ClN2O3. The van der Waals surface area contributed by atoms with E-state index in [0.29, 0.717) is 44.0 Å². The van der Waals surface area contributed by atoms with Gasteiger partial charge in [-0.1, -0.05) is 48.4 Å². The third-order valence-electron chi connectivity index (χ3n) is 4.83. The molecule has 1 N–H and O–H groups in total. The van der Waals surface area contributed by atoms with Crippen molar-refractivity contribution in [3.8, 4) is 5.75 Å². The zero-order valence-corrected chi connectivity index (χ0v) is 18.7. The number of benzene rings is 2. The number of aryl methyl sites for hydroxylation is 1. The Hall–Kier alpha value is -2.53. The molecule has 0 aliphatic heterocycles. The number of likely N-dealkylation sites (N-methyl/N-ethyl adjacent to an activating group) is 1. The molecule has 6 heteroatoms. The number of ether oxygens (including phenoxy) is 1. The number of hydrogen-bond acceptors (Lipinski definition) is 3. The lowest BCUT2D eigenvalue weighted by atomic mass is 10.1. The Kier molecular flexibility index (Phi) is 9.68. The Labute approximate surface area is 184 Å². The maximum Gasteiger partial charge on any atom is 0.242 e. The number of hydrogen-bond donors (Lipinski definition) is 1. The number of carbonyl (C=O) groups is 2.